The van der Waals surface area contributed by atoms with Crippen LogP contribution in [0.3, 0.4) is 0 Å². The maximum atomic E-state index is 12.8. The van der Waals surface area contributed by atoms with Crippen molar-refractivity contribution in [3.8, 4) is 0 Å². The Labute approximate surface area is 90.4 Å². The van der Waals surface area contributed by atoms with Gasteiger partial charge in [-0.2, -0.15) is 0 Å². The van der Waals surface area contributed by atoms with Gasteiger partial charge in [0.2, 0.25) is 5.91 Å². The fraction of sp³-hybridized carbons (Fsp3) is 0.300. The Morgan fingerprint density at radius 2 is 1.88 bits per heavy atom. The van der Waals surface area contributed by atoms with Gasteiger partial charge < -0.3 is 11.1 Å². The van der Waals surface area contributed by atoms with Gasteiger partial charge in [0.05, 0.1) is 0 Å². The number of halogens is 3. The van der Waals surface area contributed by atoms with E-state index in [4.69, 9.17) is 5.73 Å². The lowest BCUT2D eigenvalue weighted by molar-refractivity contribution is -0.119. The van der Waals surface area contributed by atoms with E-state index in [9.17, 15) is 18.0 Å². The largest absolute Gasteiger partial charge is 0.330 e. The van der Waals surface area contributed by atoms with Crippen LogP contribution in [-0.2, 0) is 4.79 Å². The van der Waals surface area contributed by atoms with Crippen molar-refractivity contribution in [1.82, 2.24) is 0 Å². The number of nitrogens with one attached hydrogen (secondary N) is 1. The minimum absolute atomic E-state index is 0.109. The number of amides is 1. The van der Waals surface area contributed by atoms with E-state index >= 15 is 0 Å². The standard InChI is InChI=1S/C10H11F3N2O/c1-5(4-14)10(16)15-6-2-7(11)9(13)8(12)3-6/h2-3,5H,4,14H2,1H3,(H,15,16). The van der Waals surface area contributed by atoms with Crippen LogP contribution in [0.2, 0.25) is 0 Å². The van der Waals surface area contributed by atoms with Gasteiger partial charge in [0, 0.05) is 30.3 Å². The van der Waals surface area contributed by atoms with Crippen LogP contribution in [0.15, 0.2) is 12.1 Å². The van der Waals surface area contributed by atoms with Gasteiger partial charge in [-0.25, -0.2) is 13.2 Å². The average molecular weight is 232 g/mol. The SMILES string of the molecule is CC(CN)C(=O)Nc1cc(F)c(F)c(F)c1. The van der Waals surface area contributed by atoms with Gasteiger partial charge in [-0.3, -0.25) is 4.79 Å². The van der Waals surface area contributed by atoms with E-state index in [0.717, 1.165) is 0 Å². The maximum absolute atomic E-state index is 12.8. The predicted octanol–water partition coefficient (Wildman–Crippen LogP) is 1.64. The summed E-state index contributed by atoms with van der Waals surface area (Å²) < 4.78 is 38.2. The van der Waals surface area contributed by atoms with Gasteiger partial charge in [-0.05, 0) is 0 Å². The molecular formula is C10H11F3N2O. The smallest absolute Gasteiger partial charge is 0.228 e. The number of benzene rings is 1. The summed E-state index contributed by atoms with van der Waals surface area (Å²) in [7, 11) is 0. The molecule has 16 heavy (non-hydrogen) atoms. The Bertz CT molecular complexity index is 386. The molecule has 88 valence electrons. The summed E-state index contributed by atoms with van der Waals surface area (Å²) in [5.41, 5.74) is 5.10. The Kier molecular flexibility index (Phi) is 3.89. The molecule has 1 aromatic rings. The molecule has 0 spiro atoms. The highest BCUT2D eigenvalue weighted by Gasteiger charge is 2.14. The van der Waals surface area contributed by atoms with Crippen molar-refractivity contribution in [1.29, 1.82) is 0 Å². The molecule has 0 bridgehead atoms. The van der Waals surface area contributed by atoms with Gasteiger partial charge in [-0.1, -0.05) is 6.92 Å². The molecule has 1 amide bonds. The van der Waals surface area contributed by atoms with Crippen LogP contribution in [0.4, 0.5) is 18.9 Å². The van der Waals surface area contributed by atoms with Crippen LogP contribution < -0.4 is 11.1 Å². The molecule has 1 aromatic carbocycles. The summed E-state index contributed by atoms with van der Waals surface area (Å²) in [6.07, 6.45) is 0. The molecule has 0 aliphatic rings. The van der Waals surface area contributed by atoms with E-state index < -0.39 is 29.3 Å². The summed E-state index contributed by atoms with van der Waals surface area (Å²) in [6, 6.07) is 1.42. The third-order valence-corrected chi connectivity index (χ3v) is 2.05. The quantitative estimate of drug-likeness (QED) is 0.778. The molecule has 0 saturated heterocycles. The number of nitrogens with two attached hydrogens (primary N) is 1. The molecule has 0 aliphatic heterocycles. The second-order valence-electron chi connectivity index (χ2n) is 3.38. The van der Waals surface area contributed by atoms with Crippen molar-refractivity contribution < 1.29 is 18.0 Å². The molecule has 1 unspecified atom stereocenters. The van der Waals surface area contributed by atoms with Crippen molar-refractivity contribution in [2.45, 2.75) is 6.92 Å². The second-order valence-corrected chi connectivity index (χ2v) is 3.38. The third kappa shape index (κ3) is 2.73. The number of hydrogen-bond acceptors (Lipinski definition) is 2. The average Bonchev–Trinajstić information content (AvgIpc) is 2.24. The normalized spacial score (nSPS) is 12.3. The van der Waals surface area contributed by atoms with Crippen LogP contribution in [0.5, 0.6) is 0 Å². The van der Waals surface area contributed by atoms with E-state index in [1.165, 1.54) is 0 Å². The topological polar surface area (TPSA) is 55.1 Å². The Balaban J connectivity index is 2.87. The van der Waals surface area contributed by atoms with Crippen molar-refractivity contribution in [2.75, 3.05) is 11.9 Å². The van der Waals surface area contributed by atoms with E-state index in [1.807, 2.05) is 0 Å². The van der Waals surface area contributed by atoms with Crippen molar-refractivity contribution in [2.24, 2.45) is 11.7 Å². The van der Waals surface area contributed by atoms with E-state index in [1.54, 1.807) is 6.92 Å². The van der Waals surface area contributed by atoms with Crippen molar-refractivity contribution in [3.63, 3.8) is 0 Å². The first-order valence-electron chi connectivity index (χ1n) is 4.61. The zero-order valence-electron chi connectivity index (χ0n) is 8.56. The Morgan fingerprint density at radius 1 is 1.38 bits per heavy atom. The number of anilines is 1. The molecule has 3 N–H and O–H groups in total. The van der Waals surface area contributed by atoms with E-state index in [-0.39, 0.29) is 12.2 Å². The zero-order valence-corrected chi connectivity index (χ0v) is 8.56. The van der Waals surface area contributed by atoms with E-state index in [2.05, 4.69) is 5.32 Å². The first kappa shape index (κ1) is 12.5. The van der Waals surface area contributed by atoms with Gasteiger partial charge in [-0.15, -0.1) is 0 Å². The molecular weight excluding hydrogens is 221 g/mol. The monoisotopic (exact) mass is 232 g/mol. The lowest BCUT2D eigenvalue weighted by Gasteiger charge is -2.10. The zero-order chi connectivity index (χ0) is 12.3. The van der Waals surface area contributed by atoms with Gasteiger partial charge in [0.15, 0.2) is 17.5 Å². The molecule has 0 radical (unpaired) electrons. The molecule has 1 atom stereocenters. The molecule has 0 heterocycles. The molecule has 1 rings (SSSR count). The molecule has 0 aliphatic carbocycles. The minimum atomic E-state index is -1.56. The molecule has 3 nitrogen and oxygen atoms in total. The molecule has 0 saturated carbocycles. The first-order chi connectivity index (χ1) is 7.45. The highest BCUT2D eigenvalue weighted by molar-refractivity contribution is 5.92. The Hall–Kier alpha value is -1.56. The second kappa shape index (κ2) is 4.98. The summed E-state index contributed by atoms with van der Waals surface area (Å²) >= 11 is 0. The van der Waals surface area contributed by atoms with Crippen molar-refractivity contribution in [3.05, 3.63) is 29.6 Å². The van der Waals surface area contributed by atoms with Crippen LogP contribution in [-0.4, -0.2) is 12.5 Å². The molecule has 0 aromatic heterocycles. The maximum Gasteiger partial charge on any atom is 0.228 e. The van der Waals surface area contributed by atoms with Gasteiger partial charge in [0.25, 0.3) is 0 Å². The highest BCUT2D eigenvalue weighted by atomic mass is 19.2. The van der Waals surface area contributed by atoms with Gasteiger partial charge >= 0.3 is 0 Å². The van der Waals surface area contributed by atoms with E-state index in [0.29, 0.717) is 12.1 Å². The van der Waals surface area contributed by atoms with Crippen LogP contribution in [0, 0.1) is 23.4 Å². The lowest BCUT2D eigenvalue weighted by Crippen LogP contribution is -2.26. The number of hydrogen-bond donors (Lipinski definition) is 2. The van der Waals surface area contributed by atoms with Gasteiger partial charge in [0.1, 0.15) is 0 Å². The molecule has 0 fully saturated rings. The summed E-state index contributed by atoms with van der Waals surface area (Å²) in [5.74, 6) is -5.24. The Morgan fingerprint density at radius 3 is 2.31 bits per heavy atom. The first-order valence-corrected chi connectivity index (χ1v) is 4.61. The highest BCUT2D eigenvalue weighted by Crippen LogP contribution is 2.17. The fourth-order valence-corrected chi connectivity index (χ4v) is 1.00. The fourth-order valence-electron chi connectivity index (χ4n) is 1.00. The summed E-state index contributed by atoms with van der Waals surface area (Å²) in [4.78, 5) is 11.3. The number of rotatable bonds is 3. The van der Waals surface area contributed by atoms with Crippen LogP contribution in [0.25, 0.3) is 0 Å². The summed E-state index contributed by atoms with van der Waals surface area (Å²) in [6.45, 7) is 1.67. The van der Waals surface area contributed by atoms with Crippen LogP contribution >= 0.6 is 0 Å². The number of carbonyl (C=O) groups excluding carboxylic acids is 1. The summed E-state index contributed by atoms with van der Waals surface area (Å²) in [5, 5.41) is 2.24. The molecule has 6 heteroatoms. The van der Waals surface area contributed by atoms with Crippen molar-refractivity contribution >= 4 is 11.6 Å². The minimum Gasteiger partial charge on any atom is -0.330 e. The number of carbonyl (C=O) groups is 1. The van der Waals surface area contributed by atoms with Crippen LogP contribution in [0.1, 0.15) is 6.92 Å². The lowest BCUT2D eigenvalue weighted by atomic mass is 10.1. The predicted molar refractivity (Wildman–Crippen MR) is 53.2 cm³/mol. The third-order valence-electron chi connectivity index (χ3n) is 2.05.